The smallest absolute Gasteiger partial charge is 0.460 e. The van der Waals surface area contributed by atoms with Gasteiger partial charge in [-0.3, -0.25) is 0 Å². The van der Waals surface area contributed by atoms with E-state index >= 15 is 0 Å². The number of furan rings is 1. The second kappa shape index (κ2) is 8.14. The molecule has 0 N–H and O–H groups in total. The third kappa shape index (κ3) is 2.95. The molecule has 2 aromatic heterocycles. The molecule has 5 aromatic carbocycles. The predicted molar refractivity (Wildman–Crippen MR) is 170 cm³/mol. The first-order valence-electron chi connectivity index (χ1n) is 13.6. The van der Waals surface area contributed by atoms with E-state index in [0.717, 1.165) is 16.6 Å². The minimum atomic E-state index is -0.119. The van der Waals surface area contributed by atoms with Gasteiger partial charge in [-0.25, -0.2) is 0 Å². The molecule has 0 unspecified atom stereocenters. The van der Waals surface area contributed by atoms with Crippen LogP contribution in [0.2, 0.25) is 0 Å². The van der Waals surface area contributed by atoms with Gasteiger partial charge in [-0.15, -0.1) is 11.3 Å². The van der Waals surface area contributed by atoms with E-state index in [1.54, 1.807) is 0 Å². The van der Waals surface area contributed by atoms with Gasteiger partial charge in [0, 0.05) is 38.0 Å². The Kier molecular flexibility index (Phi) is 4.50. The zero-order valence-corrected chi connectivity index (χ0v) is 22.7. The van der Waals surface area contributed by atoms with Crippen LogP contribution in [0.5, 0.6) is 0 Å². The zero-order chi connectivity index (χ0) is 26.4. The Bertz CT molecular complexity index is 2090. The number of hydrogen-bond donors (Lipinski definition) is 0. The van der Waals surface area contributed by atoms with E-state index in [0.29, 0.717) is 0 Å². The van der Waals surface area contributed by atoms with Crippen LogP contribution in [0, 0.1) is 6.92 Å². The van der Waals surface area contributed by atoms with Crippen LogP contribution >= 0.6 is 11.3 Å². The van der Waals surface area contributed by atoms with E-state index < -0.39 is 0 Å². The van der Waals surface area contributed by atoms with Gasteiger partial charge in [0.15, 0.2) is 0 Å². The highest BCUT2D eigenvalue weighted by molar-refractivity contribution is 7.25. The van der Waals surface area contributed by atoms with Crippen molar-refractivity contribution in [2.24, 2.45) is 0 Å². The van der Waals surface area contributed by atoms with Gasteiger partial charge in [0.25, 0.3) is 0 Å². The van der Waals surface area contributed by atoms with Crippen molar-refractivity contribution in [2.45, 2.75) is 6.92 Å². The number of hydrogen-bond acceptors (Lipinski definition) is 4. The van der Waals surface area contributed by atoms with Crippen molar-refractivity contribution in [3.8, 4) is 22.3 Å². The molecule has 2 aliphatic heterocycles. The van der Waals surface area contributed by atoms with Gasteiger partial charge in [0.1, 0.15) is 16.2 Å². The van der Waals surface area contributed by atoms with E-state index in [1.807, 2.05) is 11.3 Å². The lowest BCUT2D eigenvalue weighted by atomic mass is 9.63. The van der Waals surface area contributed by atoms with E-state index in [2.05, 4.69) is 138 Å². The highest BCUT2D eigenvalue weighted by atomic mass is 32.1. The second-order valence-electron chi connectivity index (χ2n) is 10.6. The number of aryl methyl sites for hydroxylation is 1. The maximum absolute atomic E-state index is 6.82. The molecule has 0 bridgehead atoms. The first kappa shape index (κ1) is 22.1. The summed E-state index contributed by atoms with van der Waals surface area (Å²) < 4.78 is 8.11. The van der Waals surface area contributed by atoms with Gasteiger partial charge in [-0.05, 0) is 54.4 Å². The molecule has 0 saturated carbocycles. The summed E-state index contributed by atoms with van der Waals surface area (Å²) in [6, 6.07) is 43.7. The van der Waals surface area contributed by atoms with Crippen molar-refractivity contribution in [3.63, 3.8) is 0 Å². The zero-order valence-electron chi connectivity index (χ0n) is 21.8. The minimum absolute atomic E-state index is 0.119. The standard InChI is InChI=1S/C35H23BN2OS/c1-22-15-18-25(19-16-22)37-33-27-12-6-8-14-31(27)40-35(33)38-29-20-17-24(23-9-3-2-4-10-23)21-28(29)32-26-11-5-7-13-30(26)39-34(32)36(37)38/h2-21H,1H3. The lowest BCUT2D eigenvalue weighted by Crippen LogP contribution is -2.55. The summed E-state index contributed by atoms with van der Waals surface area (Å²) in [7, 11) is 0. The summed E-state index contributed by atoms with van der Waals surface area (Å²) >= 11 is 1.86. The molecule has 0 saturated heterocycles. The fourth-order valence-electron chi connectivity index (χ4n) is 6.50. The predicted octanol–water partition coefficient (Wildman–Crippen LogP) is 9.29. The Balaban J connectivity index is 1.38. The van der Waals surface area contributed by atoms with Crippen LogP contribution in [0.1, 0.15) is 5.56 Å². The topological polar surface area (TPSA) is 19.6 Å². The lowest BCUT2D eigenvalue weighted by Gasteiger charge is -2.34. The molecule has 3 nitrogen and oxygen atoms in total. The lowest BCUT2D eigenvalue weighted by molar-refractivity contribution is 0.649. The molecule has 2 aliphatic rings. The van der Waals surface area contributed by atoms with Gasteiger partial charge in [0.2, 0.25) is 0 Å². The summed E-state index contributed by atoms with van der Waals surface area (Å²) in [5, 5.41) is 3.69. The molecular formula is C35H23BN2OS. The molecule has 0 radical (unpaired) electrons. The van der Waals surface area contributed by atoms with Gasteiger partial charge < -0.3 is 14.0 Å². The highest BCUT2D eigenvalue weighted by Crippen LogP contribution is 2.58. The molecule has 4 heterocycles. The number of benzene rings is 5. The van der Waals surface area contributed by atoms with E-state index in [9.17, 15) is 0 Å². The molecule has 0 spiro atoms. The summed E-state index contributed by atoms with van der Waals surface area (Å²) in [5.41, 5.74) is 11.6. The van der Waals surface area contributed by atoms with Crippen LogP contribution < -0.4 is 15.3 Å². The molecule has 0 fully saturated rings. The largest absolute Gasteiger partial charge is 0.465 e. The Morgan fingerprint density at radius 2 is 1.43 bits per heavy atom. The third-order valence-electron chi connectivity index (χ3n) is 8.30. The fourth-order valence-corrected chi connectivity index (χ4v) is 7.73. The van der Waals surface area contributed by atoms with Crippen molar-refractivity contribution in [2.75, 3.05) is 9.62 Å². The van der Waals surface area contributed by atoms with Crippen molar-refractivity contribution in [1.29, 1.82) is 0 Å². The number of anilines is 4. The maximum Gasteiger partial charge on any atom is 0.460 e. The number of rotatable bonds is 2. The number of para-hydroxylation sites is 1. The molecule has 0 aliphatic carbocycles. The van der Waals surface area contributed by atoms with Crippen LogP contribution in [0.15, 0.2) is 126 Å². The van der Waals surface area contributed by atoms with E-state index in [4.69, 9.17) is 4.42 Å². The summed E-state index contributed by atoms with van der Waals surface area (Å²) in [6.45, 7) is 2.02. The molecule has 0 atom stereocenters. The first-order chi connectivity index (χ1) is 19.8. The second-order valence-corrected chi connectivity index (χ2v) is 11.7. The highest BCUT2D eigenvalue weighted by Gasteiger charge is 2.52. The SMILES string of the molecule is Cc1ccc(N2B3c4oc5ccccc5c4-c4cc(-c5ccccc5)ccc4N3c3sc4ccccc4c32)cc1. The summed E-state index contributed by atoms with van der Waals surface area (Å²) in [4.78, 5) is 5.00. The average molecular weight is 530 g/mol. The quantitative estimate of drug-likeness (QED) is 0.208. The third-order valence-corrected chi connectivity index (χ3v) is 9.46. The van der Waals surface area contributed by atoms with Crippen molar-refractivity contribution in [3.05, 3.63) is 127 Å². The van der Waals surface area contributed by atoms with Crippen molar-refractivity contribution < 1.29 is 4.42 Å². The number of fused-ring (bicyclic) bond motifs is 12. The van der Waals surface area contributed by atoms with E-state index in [1.165, 1.54) is 60.0 Å². The van der Waals surface area contributed by atoms with Crippen molar-refractivity contribution in [1.82, 2.24) is 0 Å². The van der Waals surface area contributed by atoms with Crippen LogP contribution in [-0.2, 0) is 0 Å². The Hall–Kier alpha value is -4.74. The van der Waals surface area contributed by atoms with Crippen LogP contribution in [0.3, 0.4) is 0 Å². The fraction of sp³-hybridized carbons (Fsp3) is 0.0286. The minimum Gasteiger partial charge on any atom is -0.465 e. The molecule has 188 valence electrons. The first-order valence-corrected chi connectivity index (χ1v) is 14.5. The molecule has 0 amide bonds. The number of nitrogens with zero attached hydrogens (tertiary/aromatic N) is 2. The molecule has 40 heavy (non-hydrogen) atoms. The van der Waals surface area contributed by atoms with E-state index in [-0.39, 0.29) is 6.98 Å². The summed E-state index contributed by atoms with van der Waals surface area (Å²) in [6.07, 6.45) is 0. The molecule has 5 heteroatoms. The monoisotopic (exact) mass is 530 g/mol. The Morgan fingerprint density at radius 3 is 2.27 bits per heavy atom. The van der Waals surface area contributed by atoms with Gasteiger partial charge in [-0.1, -0.05) is 90.5 Å². The maximum atomic E-state index is 6.82. The Labute approximate surface area is 236 Å². The van der Waals surface area contributed by atoms with Gasteiger partial charge in [-0.2, -0.15) is 0 Å². The van der Waals surface area contributed by atoms with Crippen LogP contribution in [0.25, 0.3) is 43.3 Å². The normalized spacial score (nSPS) is 13.5. The summed E-state index contributed by atoms with van der Waals surface area (Å²) in [5.74, 6) is 0. The van der Waals surface area contributed by atoms with Gasteiger partial charge >= 0.3 is 6.98 Å². The molecule has 9 rings (SSSR count). The molecular weight excluding hydrogens is 507 g/mol. The van der Waals surface area contributed by atoms with Crippen LogP contribution in [-0.4, -0.2) is 6.98 Å². The molecule has 7 aromatic rings. The van der Waals surface area contributed by atoms with Crippen LogP contribution in [0.4, 0.5) is 22.1 Å². The average Bonchev–Trinajstić information content (AvgIpc) is 3.67. The Morgan fingerprint density at radius 1 is 0.675 bits per heavy atom. The van der Waals surface area contributed by atoms with Gasteiger partial charge in [0.05, 0.1) is 5.69 Å². The number of thiophene rings is 1. The van der Waals surface area contributed by atoms with Crippen molar-refractivity contribution >= 4 is 67.1 Å².